The van der Waals surface area contributed by atoms with Crippen LogP contribution >= 0.6 is 0 Å². The maximum atomic E-state index is 12.6. The van der Waals surface area contributed by atoms with Gasteiger partial charge in [-0.15, -0.1) is 0 Å². The quantitative estimate of drug-likeness (QED) is 0.0320. The Hall–Kier alpha value is -2.44. The van der Waals surface area contributed by atoms with E-state index in [4.69, 9.17) is 4.74 Å². The Morgan fingerprint density at radius 1 is 0.326 bits per heavy atom. The lowest BCUT2D eigenvalue weighted by atomic mass is 10.0. The van der Waals surface area contributed by atoms with Crippen LogP contribution in [0.4, 0.5) is 0 Å². The van der Waals surface area contributed by atoms with Gasteiger partial charge in [0.1, 0.15) is 0 Å². The first-order valence-corrected chi connectivity index (χ1v) is 38.6. The summed E-state index contributed by atoms with van der Waals surface area (Å²) in [5.41, 5.74) is 0. The molecule has 2 atom stereocenters. The predicted molar refractivity (Wildman–Crippen MR) is 379 cm³/mol. The Balaban J connectivity index is 3.44. The fraction of sp³-hybridized carbons (Fsp3) is 0.850. The van der Waals surface area contributed by atoms with Crippen molar-refractivity contribution in [1.82, 2.24) is 5.32 Å². The average Bonchev–Trinajstić information content (AvgIpc) is 3.54. The molecule has 0 bridgehead atoms. The van der Waals surface area contributed by atoms with Crippen molar-refractivity contribution in [2.45, 2.75) is 424 Å². The average molecular weight is 1210 g/mol. The Labute approximate surface area is 537 Å². The van der Waals surface area contributed by atoms with Crippen LogP contribution in [0.1, 0.15) is 412 Å². The van der Waals surface area contributed by atoms with E-state index in [1.165, 1.54) is 327 Å². The van der Waals surface area contributed by atoms with Crippen LogP contribution in [0.25, 0.3) is 0 Å². The first-order chi connectivity index (χ1) is 42.5. The third kappa shape index (κ3) is 70.6. The van der Waals surface area contributed by atoms with Gasteiger partial charge in [0, 0.05) is 12.8 Å². The third-order valence-corrected chi connectivity index (χ3v) is 17.8. The zero-order valence-corrected chi connectivity index (χ0v) is 57.8. The molecule has 0 aromatic heterocycles. The van der Waals surface area contributed by atoms with E-state index in [2.05, 4.69) is 67.8 Å². The molecule has 0 rings (SSSR count). The normalized spacial score (nSPS) is 12.8. The van der Waals surface area contributed by atoms with Crippen molar-refractivity contribution in [3.05, 3.63) is 60.8 Å². The summed E-state index contributed by atoms with van der Waals surface area (Å²) in [7, 11) is 0. The number of aliphatic hydroxyl groups excluding tert-OH is 2. The molecule has 0 aromatic rings. The number of hydrogen-bond donors (Lipinski definition) is 3. The van der Waals surface area contributed by atoms with E-state index in [1.54, 1.807) is 6.08 Å². The maximum Gasteiger partial charge on any atom is 0.305 e. The van der Waals surface area contributed by atoms with Crippen LogP contribution in [0.3, 0.4) is 0 Å². The zero-order chi connectivity index (χ0) is 62.0. The van der Waals surface area contributed by atoms with Crippen molar-refractivity contribution in [1.29, 1.82) is 0 Å². The molecule has 0 aliphatic heterocycles. The maximum absolute atomic E-state index is 12.6. The molecule has 504 valence electrons. The molecule has 0 heterocycles. The Morgan fingerprint density at radius 3 is 0.907 bits per heavy atom. The standard InChI is InChI=1S/C80H149NO5/c1-3-5-7-9-11-13-15-17-19-21-22-23-24-28-31-34-37-41-44-48-52-56-60-64-68-72-78(83)77(76-82)81-79(84)73-69-65-61-57-53-49-45-42-38-35-32-29-26-25-27-30-33-36-39-43-47-51-55-59-63-67-71-75-86-80(85)74-70-66-62-58-54-50-46-40-20-18-16-14-12-10-8-6-4-2/h12,14,18,20,25-26,30,33,68,72,77-78,82-83H,3-11,13,15-17,19,21-24,27-29,31-32,34-67,69-71,73-76H2,1-2H3,(H,81,84)/b14-12-,20-18-,26-25-,33-30-,72-68+. The molecular weight excluding hydrogens is 1050 g/mol. The van der Waals surface area contributed by atoms with E-state index in [1.807, 2.05) is 6.08 Å². The second-order valence-electron chi connectivity index (χ2n) is 26.3. The molecule has 0 radical (unpaired) electrons. The predicted octanol–water partition coefficient (Wildman–Crippen LogP) is 25.4. The summed E-state index contributed by atoms with van der Waals surface area (Å²) in [4.78, 5) is 24.6. The van der Waals surface area contributed by atoms with Gasteiger partial charge in [-0.3, -0.25) is 9.59 Å². The molecule has 6 heteroatoms. The number of esters is 1. The van der Waals surface area contributed by atoms with Crippen molar-refractivity contribution in [3.8, 4) is 0 Å². The summed E-state index contributed by atoms with van der Waals surface area (Å²) in [6.07, 6.45) is 100. The van der Waals surface area contributed by atoms with Gasteiger partial charge in [0.2, 0.25) is 5.91 Å². The fourth-order valence-electron chi connectivity index (χ4n) is 11.9. The largest absolute Gasteiger partial charge is 0.466 e. The first kappa shape index (κ1) is 83.6. The van der Waals surface area contributed by atoms with Crippen molar-refractivity contribution < 1.29 is 24.5 Å². The molecule has 0 aliphatic rings. The van der Waals surface area contributed by atoms with Gasteiger partial charge >= 0.3 is 5.97 Å². The van der Waals surface area contributed by atoms with Crippen molar-refractivity contribution >= 4 is 11.9 Å². The van der Waals surface area contributed by atoms with Gasteiger partial charge in [0.15, 0.2) is 0 Å². The van der Waals surface area contributed by atoms with Crippen LogP contribution in [-0.2, 0) is 14.3 Å². The molecule has 6 nitrogen and oxygen atoms in total. The molecular formula is C80H149NO5. The summed E-state index contributed by atoms with van der Waals surface area (Å²) in [6, 6.07) is -0.633. The highest BCUT2D eigenvalue weighted by Crippen LogP contribution is 2.19. The second kappa shape index (κ2) is 75.0. The number of carbonyl (C=O) groups excluding carboxylic acids is 2. The third-order valence-electron chi connectivity index (χ3n) is 17.8. The van der Waals surface area contributed by atoms with Gasteiger partial charge in [0.05, 0.1) is 25.4 Å². The Kier molecular flexibility index (Phi) is 72.9. The molecule has 3 N–H and O–H groups in total. The van der Waals surface area contributed by atoms with Gasteiger partial charge < -0.3 is 20.3 Å². The van der Waals surface area contributed by atoms with E-state index >= 15 is 0 Å². The fourth-order valence-corrected chi connectivity index (χ4v) is 11.9. The van der Waals surface area contributed by atoms with Crippen molar-refractivity contribution in [2.24, 2.45) is 0 Å². The SMILES string of the molecule is CCCCC/C=C\C/C=C\CCCCCCCCCC(=O)OCCCCCCCCCCC/C=C\C/C=C\CCCCCCCCCCCCCC(=O)NC(CO)C(O)/C=C/CCCCCCCCCCCCCCCCCCCCCCCCC. The van der Waals surface area contributed by atoms with Crippen molar-refractivity contribution in [2.75, 3.05) is 13.2 Å². The van der Waals surface area contributed by atoms with Crippen LogP contribution < -0.4 is 5.32 Å². The number of allylic oxidation sites excluding steroid dienone is 9. The Bertz CT molecular complexity index is 1480. The van der Waals surface area contributed by atoms with E-state index in [9.17, 15) is 19.8 Å². The van der Waals surface area contributed by atoms with Gasteiger partial charge in [-0.05, 0) is 96.3 Å². The molecule has 0 aromatic carbocycles. The lowest BCUT2D eigenvalue weighted by molar-refractivity contribution is -0.143. The minimum absolute atomic E-state index is 0.00271. The minimum Gasteiger partial charge on any atom is -0.466 e. The van der Waals surface area contributed by atoms with Crippen molar-refractivity contribution in [3.63, 3.8) is 0 Å². The number of carbonyl (C=O) groups is 2. The van der Waals surface area contributed by atoms with Gasteiger partial charge in [-0.25, -0.2) is 0 Å². The molecule has 2 unspecified atom stereocenters. The van der Waals surface area contributed by atoms with Crippen LogP contribution in [0, 0.1) is 0 Å². The number of rotatable bonds is 72. The minimum atomic E-state index is -0.850. The highest BCUT2D eigenvalue weighted by Gasteiger charge is 2.18. The van der Waals surface area contributed by atoms with E-state index in [0.29, 0.717) is 19.4 Å². The van der Waals surface area contributed by atoms with Crippen LogP contribution in [-0.4, -0.2) is 47.4 Å². The van der Waals surface area contributed by atoms with Gasteiger partial charge in [-0.1, -0.05) is 364 Å². The van der Waals surface area contributed by atoms with E-state index in [-0.39, 0.29) is 18.5 Å². The topological polar surface area (TPSA) is 95.9 Å². The number of nitrogens with one attached hydrogen (secondary N) is 1. The highest BCUT2D eigenvalue weighted by molar-refractivity contribution is 5.76. The molecule has 86 heavy (non-hydrogen) atoms. The summed E-state index contributed by atoms with van der Waals surface area (Å²) >= 11 is 0. The molecule has 0 fully saturated rings. The van der Waals surface area contributed by atoms with Gasteiger partial charge in [0.25, 0.3) is 0 Å². The summed E-state index contributed by atoms with van der Waals surface area (Å²) in [5.74, 6) is -0.0647. The Morgan fingerprint density at radius 2 is 0.581 bits per heavy atom. The second-order valence-corrected chi connectivity index (χ2v) is 26.3. The molecule has 1 amide bonds. The lowest BCUT2D eigenvalue weighted by Crippen LogP contribution is -2.45. The number of hydrogen-bond acceptors (Lipinski definition) is 5. The number of amides is 1. The van der Waals surface area contributed by atoms with E-state index in [0.717, 1.165) is 57.8 Å². The molecule has 0 spiro atoms. The molecule has 0 saturated heterocycles. The summed E-state index contributed by atoms with van der Waals surface area (Å²) in [5, 5.41) is 23.3. The van der Waals surface area contributed by atoms with Crippen LogP contribution in [0.15, 0.2) is 60.8 Å². The molecule has 0 aliphatic carbocycles. The van der Waals surface area contributed by atoms with E-state index < -0.39 is 12.1 Å². The van der Waals surface area contributed by atoms with Crippen LogP contribution in [0.2, 0.25) is 0 Å². The number of ether oxygens (including phenoxy) is 1. The van der Waals surface area contributed by atoms with Crippen LogP contribution in [0.5, 0.6) is 0 Å². The summed E-state index contributed by atoms with van der Waals surface area (Å²) in [6.45, 7) is 4.91. The zero-order valence-electron chi connectivity index (χ0n) is 57.8. The smallest absolute Gasteiger partial charge is 0.305 e. The monoisotopic (exact) mass is 1200 g/mol. The summed E-state index contributed by atoms with van der Waals surface area (Å²) < 4.78 is 5.50. The number of aliphatic hydroxyl groups is 2. The number of unbranched alkanes of at least 4 members (excludes halogenated alkanes) is 53. The first-order valence-electron chi connectivity index (χ1n) is 38.6. The lowest BCUT2D eigenvalue weighted by Gasteiger charge is -2.20. The molecule has 0 saturated carbocycles. The highest BCUT2D eigenvalue weighted by atomic mass is 16.5. The van der Waals surface area contributed by atoms with Gasteiger partial charge in [-0.2, -0.15) is 0 Å².